The molecule has 5 nitrogen and oxygen atoms in total. The van der Waals surface area contributed by atoms with Crippen molar-refractivity contribution in [1.82, 2.24) is 0 Å². The Labute approximate surface area is 118 Å². The number of hydrogen-bond donors (Lipinski definition) is 1. The van der Waals surface area contributed by atoms with Crippen LogP contribution in [0.1, 0.15) is 26.7 Å². The Morgan fingerprint density at radius 3 is 2.40 bits per heavy atom. The lowest BCUT2D eigenvalue weighted by atomic mass is 9.81. The first-order chi connectivity index (χ1) is 9.44. The number of carbonyl (C=O) groups is 2. The SMILES string of the molecule is CC1(C)CC(=O)N(c2ccccc2OCCN)C(=O)C1. The average molecular weight is 276 g/mol. The lowest BCUT2D eigenvalue weighted by Gasteiger charge is -2.35. The molecule has 108 valence electrons. The normalized spacial score (nSPS) is 18.2. The van der Waals surface area contributed by atoms with E-state index in [0.717, 1.165) is 0 Å². The summed E-state index contributed by atoms with van der Waals surface area (Å²) < 4.78 is 5.52. The molecule has 0 spiro atoms. The second-order valence-electron chi connectivity index (χ2n) is 5.75. The van der Waals surface area contributed by atoms with Crippen molar-refractivity contribution in [2.75, 3.05) is 18.1 Å². The molecule has 1 aliphatic heterocycles. The summed E-state index contributed by atoms with van der Waals surface area (Å²) in [5.41, 5.74) is 5.65. The van der Waals surface area contributed by atoms with Gasteiger partial charge in [-0.1, -0.05) is 26.0 Å². The zero-order chi connectivity index (χ0) is 14.8. The van der Waals surface area contributed by atoms with Crippen LogP contribution in [0.15, 0.2) is 24.3 Å². The summed E-state index contributed by atoms with van der Waals surface area (Å²) in [6, 6.07) is 7.05. The molecule has 0 atom stereocenters. The number of nitrogens with two attached hydrogens (primary N) is 1. The Hall–Kier alpha value is -1.88. The van der Waals surface area contributed by atoms with E-state index in [0.29, 0.717) is 37.4 Å². The Kier molecular flexibility index (Phi) is 4.09. The fourth-order valence-electron chi connectivity index (χ4n) is 2.38. The zero-order valence-corrected chi connectivity index (χ0v) is 11.9. The van der Waals surface area contributed by atoms with Crippen LogP contribution in [0.25, 0.3) is 0 Å². The molecule has 1 aromatic carbocycles. The van der Waals surface area contributed by atoms with Crippen LogP contribution in [-0.2, 0) is 9.59 Å². The van der Waals surface area contributed by atoms with E-state index in [1.165, 1.54) is 4.90 Å². The maximum atomic E-state index is 12.3. The van der Waals surface area contributed by atoms with Crippen molar-refractivity contribution in [3.63, 3.8) is 0 Å². The first-order valence-electron chi connectivity index (χ1n) is 6.72. The highest BCUT2D eigenvalue weighted by atomic mass is 16.5. The maximum absolute atomic E-state index is 12.3. The summed E-state index contributed by atoms with van der Waals surface area (Å²) in [6.45, 7) is 4.58. The number of anilines is 1. The van der Waals surface area contributed by atoms with E-state index in [9.17, 15) is 9.59 Å². The van der Waals surface area contributed by atoms with Gasteiger partial charge in [-0.2, -0.15) is 0 Å². The molecule has 0 bridgehead atoms. The van der Waals surface area contributed by atoms with Crippen LogP contribution in [-0.4, -0.2) is 25.0 Å². The molecule has 0 radical (unpaired) electrons. The van der Waals surface area contributed by atoms with Crippen LogP contribution in [0.5, 0.6) is 5.75 Å². The molecule has 2 amide bonds. The van der Waals surface area contributed by atoms with Crippen LogP contribution in [0.3, 0.4) is 0 Å². The molecule has 5 heteroatoms. The van der Waals surface area contributed by atoms with E-state index in [-0.39, 0.29) is 17.2 Å². The molecule has 1 aliphatic rings. The smallest absolute Gasteiger partial charge is 0.234 e. The molecule has 0 unspecified atom stereocenters. The van der Waals surface area contributed by atoms with E-state index in [4.69, 9.17) is 10.5 Å². The Morgan fingerprint density at radius 2 is 1.80 bits per heavy atom. The molecule has 1 saturated heterocycles. The van der Waals surface area contributed by atoms with Crippen LogP contribution < -0.4 is 15.4 Å². The van der Waals surface area contributed by atoms with Crippen molar-refractivity contribution in [2.45, 2.75) is 26.7 Å². The second-order valence-corrected chi connectivity index (χ2v) is 5.75. The van der Waals surface area contributed by atoms with Gasteiger partial charge < -0.3 is 10.5 Å². The molecule has 0 aromatic heterocycles. The summed E-state index contributed by atoms with van der Waals surface area (Å²) in [5.74, 6) is 0.143. The van der Waals surface area contributed by atoms with Crippen LogP contribution >= 0.6 is 0 Å². The van der Waals surface area contributed by atoms with Gasteiger partial charge in [0.2, 0.25) is 11.8 Å². The third kappa shape index (κ3) is 2.99. The molecule has 0 saturated carbocycles. The minimum atomic E-state index is -0.280. The number of amides is 2. The molecule has 20 heavy (non-hydrogen) atoms. The van der Waals surface area contributed by atoms with Gasteiger partial charge in [0.25, 0.3) is 0 Å². The molecule has 1 fully saturated rings. The van der Waals surface area contributed by atoms with E-state index in [1.807, 2.05) is 13.8 Å². The number of para-hydroxylation sites is 2. The summed E-state index contributed by atoms with van der Waals surface area (Å²) >= 11 is 0. The van der Waals surface area contributed by atoms with Gasteiger partial charge in [0, 0.05) is 19.4 Å². The lowest BCUT2D eigenvalue weighted by molar-refractivity contribution is -0.132. The van der Waals surface area contributed by atoms with Crippen LogP contribution in [0.4, 0.5) is 5.69 Å². The fourth-order valence-corrected chi connectivity index (χ4v) is 2.38. The standard InChI is InChI=1S/C15H20N2O3/c1-15(2)9-13(18)17(14(19)10-15)11-5-3-4-6-12(11)20-8-7-16/h3-6H,7-10,16H2,1-2H3. The van der Waals surface area contributed by atoms with Crippen molar-refractivity contribution < 1.29 is 14.3 Å². The fraction of sp³-hybridized carbons (Fsp3) is 0.467. The lowest BCUT2D eigenvalue weighted by Crippen LogP contribution is -2.46. The van der Waals surface area contributed by atoms with Crippen molar-refractivity contribution in [3.05, 3.63) is 24.3 Å². The number of carbonyl (C=O) groups excluding carboxylic acids is 2. The predicted octanol–water partition coefficient (Wildman–Crippen LogP) is 1.70. The highest BCUT2D eigenvalue weighted by Crippen LogP contribution is 2.37. The monoisotopic (exact) mass is 276 g/mol. The molecule has 1 heterocycles. The van der Waals surface area contributed by atoms with Crippen LogP contribution in [0.2, 0.25) is 0 Å². The second kappa shape index (κ2) is 5.63. The van der Waals surface area contributed by atoms with E-state index in [2.05, 4.69) is 0 Å². The summed E-state index contributed by atoms with van der Waals surface area (Å²) in [6.07, 6.45) is 0.702. The Balaban J connectivity index is 2.31. The van der Waals surface area contributed by atoms with Gasteiger partial charge >= 0.3 is 0 Å². The van der Waals surface area contributed by atoms with Crippen molar-refractivity contribution in [2.24, 2.45) is 11.1 Å². The number of ether oxygens (including phenoxy) is 1. The largest absolute Gasteiger partial charge is 0.490 e. The van der Waals surface area contributed by atoms with E-state index < -0.39 is 0 Å². The van der Waals surface area contributed by atoms with E-state index in [1.54, 1.807) is 24.3 Å². The number of benzene rings is 1. The minimum Gasteiger partial charge on any atom is -0.490 e. The molecule has 2 rings (SSSR count). The van der Waals surface area contributed by atoms with Crippen molar-refractivity contribution in [3.8, 4) is 5.75 Å². The van der Waals surface area contributed by atoms with Gasteiger partial charge in [-0.25, -0.2) is 4.90 Å². The summed E-state index contributed by atoms with van der Waals surface area (Å²) in [5, 5.41) is 0. The highest BCUT2D eigenvalue weighted by molar-refractivity contribution is 6.17. The molecular formula is C15H20N2O3. The first-order valence-corrected chi connectivity index (χ1v) is 6.72. The molecule has 2 N–H and O–H groups in total. The number of imide groups is 1. The van der Waals surface area contributed by atoms with Gasteiger partial charge in [0.05, 0.1) is 5.69 Å². The topological polar surface area (TPSA) is 72.6 Å². The van der Waals surface area contributed by atoms with Gasteiger partial charge in [-0.3, -0.25) is 9.59 Å². The van der Waals surface area contributed by atoms with Crippen molar-refractivity contribution in [1.29, 1.82) is 0 Å². The zero-order valence-electron chi connectivity index (χ0n) is 11.9. The number of nitrogens with zero attached hydrogens (tertiary/aromatic N) is 1. The Morgan fingerprint density at radius 1 is 1.20 bits per heavy atom. The predicted molar refractivity (Wildman–Crippen MR) is 76.5 cm³/mol. The summed E-state index contributed by atoms with van der Waals surface area (Å²) in [7, 11) is 0. The first kappa shape index (κ1) is 14.5. The van der Waals surface area contributed by atoms with Gasteiger partial charge in [-0.15, -0.1) is 0 Å². The number of hydrogen-bond acceptors (Lipinski definition) is 4. The molecular weight excluding hydrogens is 256 g/mol. The third-order valence-electron chi connectivity index (χ3n) is 3.24. The average Bonchev–Trinajstić information content (AvgIpc) is 2.35. The highest BCUT2D eigenvalue weighted by Gasteiger charge is 2.39. The van der Waals surface area contributed by atoms with Gasteiger partial charge in [0.1, 0.15) is 12.4 Å². The third-order valence-corrected chi connectivity index (χ3v) is 3.24. The van der Waals surface area contributed by atoms with Gasteiger partial charge in [0.15, 0.2) is 0 Å². The maximum Gasteiger partial charge on any atom is 0.234 e. The van der Waals surface area contributed by atoms with Crippen molar-refractivity contribution >= 4 is 17.5 Å². The Bertz CT molecular complexity index is 506. The van der Waals surface area contributed by atoms with Crippen LogP contribution in [0, 0.1) is 5.41 Å². The van der Waals surface area contributed by atoms with Gasteiger partial charge in [-0.05, 0) is 17.5 Å². The number of piperidine rings is 1. The minimum absolute atomic E-state index is 0.185. The quantitative estimate of drug-likeness (QED) is 0.850. The molecule has 0 aliphatic carbocycles. The molecule has 1 aromatic rings. The number of rotatable bonds is 4. The van der Waals surface area contributed by atoms with E-state index >= 15 is 0 Å². The summed E-state index contributed by atoms with van der Waals surface area (Å²) in [4.78, 5) is 25.8.